The van der Waals surface area contributed by atoms with Crippen LogP contribution in [0, 0.1) is 0 Å². The second-order valence-corrected chi connectivity index (χ2v) is 6.12. The lowest BCUT2D eigenvalue weighted by Crippen LogP contribution is -2.28. The molecular weight excluding hydrogens is 352 g/mol. The summed E-state index contributed by atoms with van der Waals surface area (Å²) in [5, 5.41) is 4.08. The molecule has 0 saturated heterocycles. The first-order valence-corrected chi connectivity index (χ1v) is 8.29. The molecule has 128 valence electrons. The van der Waals surface area contributed by atoms with Crippen LogP contribution in [-0.4, -0.2) is 20.4 Å². The largest absolute Gasteiger partial charge is 0.324 e. The van der Waals surface area contributed by atoms with Crippen LogP contribution in [0.4, 0.5) is 5.69 Å². The molecule has 1 N–H and O–H groups in total. The highest BCUT2D eigenvalue weighted by Gasteiger charge is 2.12. The van der Waals surface area contributed by atoms with Gasteiger partial charge in [0.2, 0.25) is 5.91 Å². The molecule has 2 aromatic carbocycles. The topological polar surface area (TPSA) is 76.9 Å². The summed E-state index contributed by atoms with van der Waals surface area (Å²) in [6.45, 7) is -0.119. The van der Waals surface area contributed by atoms with Crippen molar-refractivity contribution in [3.8, 4) is 0 Å². The zero-order chi connectivity index (χ0) is 18.1. The summed E-state index contributed by atoms with van der Waals surface area (Å²) in [4.78, 5) is 33.1. The maximum absolute atomic E-state index is 12.6. The maximum atomic E-state index is 12.6. The third-order valence-corrected chi connectivity index (χ3v) is 4.35. The second kappa shape index (κ2) is 6.57. The van der Waals surface area contributed by atoms with E-state index in [1.807, 2.05) is 12.1 Å². The molecule has 6 nitrogen and oxygen atoms in total. The normalized spacial score (nSPS) is 11.0. The third kappa shape index (κ3) is 2.91. The first-order chi connectivity index (χ1) is 12.6. The van der Waals surface area contributed by atoms with Crippen molar-refractivity contribution in [1.29, 1.82) is 0 Å². The van der Waals surface area contributed by atoms with Crippen LogP contribution in [0.1, 0.15) is 0 Å². The number of hydrogen-bond donors (Lipinski definition) is 1. The monoisotopic (exact) mass is 364 g/mol. The van der Waals surface area contributed by atoms with Gasteiger partial charge in [0, 0.05) is 11.6 Å². The number of halogens is 1. The van der Waals surface area contributed by atoms with Gasteiger partial charge in [0.15, 0.2) is 0 Å². The molecule has 1 amide bonds. The molecule has 0 atom stereocenters. The van der Waals surface area contributed by atoms with Crippen LogP contribution in [0.3, 0.4) is 0 Å². The molecule has 0 bridgehead atoms. The Morgan fingerprint density at radius 3 is 2.81 bits per heavy atom. The predicted molar refractivity (Wildman–Crippen MR) is 101 cm³/mol. The molecule has 4 rings (SSSR count). The number of para-hydroxylation sites is 2. The first kappa shape index (κ1) is 16.2. The van der Waals surface area contributed by atoms with Crippen LogP contribution in [0.2, 0.25) is 5.02 Å². The SMILES string of the molecule is O=C(Cn1c(=O)cnc2ccccc21)Nc1ccc(Cl)c2ncccc12. The summed E-state index contributed by atoms with van der Waals surface area (Å²) in [5.74, 6) is -0.323. The molecule has 26 heavy (non-hydrogen) atoms. The van der Waals surface area contributed by atoms with Crippen LogP contribution in [0.15, 0.2) is 65.7 Å². The summed E-state index contributed by atoms with van der Waals surface area (Å²) in [6.07, 6.45) is 2.86. The number of amides is 1. The molecule has 0 aliphatic carbocycles. The molecule has 0 aliphatic rings. The lowest BCUT2D eigenvalue weighted by atomic mass is 10.2. The minimum Gasteiger partial charge on any atom is -0.324 e. The smallest absolute Gasteiger partial charge is 0.269 e. The average Bonchev–Trinajstić information content (AvgIpc) is 2.67. The van der Waals surface area contributed by atoms with Crippen LogP contribution in [0.25, 0.3) is 21.9 Å². The Labute approximate surface area is 153 Å². The van der Waals surface area contributed by atoms with E-state index in [2.05, 4.69) is 15.3 Å². The van der Waals surface area contributed by atoms with E-state index in [1.165, 1.54) is 10.8 Å². The van der Waals surface area contributed by atoms with Crippen molar-refractivity contribution in [3.05, 3.63) is 76.3 Å². The van der Waals surface area contributed by atoms with Crippen molar-refractivity contribution >= 4 is 45.1 Å². The van der Waals surface area contributed by atoms with Crippen molar-refractivity contribution in [3.63, 3.8) is 0 Å². The quantitative estimate of drug-likeness (QED) is 0.605. The number of carbonyl (C=O) groups excluding carboxylic acids is 1. The predicted octanol–water partition coefficient (Wildman–Crippen LogP) is 3.24. The summed E-state index contributed by atoms with van der Waals surface area (Å²) in [5.41, 5.74) is 2.13. The number of nitrogens with zero attached hydrogens (tertiary/aromatic N) is 3. The highest BCUT2D eigenvalue weighted by atomic mass is 35.5. The van der Waals surface area contributed by atoms with Gasteiger partial charge in [-0.25, -0.2) is 4.98 Å². The number of anilines is 1. The highest BCUT2D eigenvalue weighted by molar-refractivity contribution is 6.35. The lowest BCUT2D eigenvalue weighted by molar-refractivity contribution is -0.116. The van der Waals surface area contributed by atoms with E-state index in [0.29, 0.717) is 27.3 Å². The minimum atomic E-state index is -0.332. The van der Waals surface area contributed by atoms with E-state index in [1.54, 1.807) is 42.6 Å². The number of benzene rings is 2. The van der Waals surface area contributed by atoms with Crippen LogP contribution < -0.4 is 10.9 Å². The zero-order valence-corrected chi connectivity index (χ0v) is 14.3. The molecule has 0 unspecified atom stereocenters. The van der Waals surface area contributed by atoms with Crippen molar-refractivity contribution in [1.82, 2.24) is 14.5 Å². The summed E-state index contributed by atoms with van der Waals surface area (Å²) in [7, 11) is 0. The molecule has 0 spiro atoms. The Balaban J connectivity index is 1.68. The van der Waals surface area contributed by atoms with Gasteiger partial charge < -0.3 is 5.32 Å². The van der Waals surface area contributed by atoms with E-state index < -0.39 is 0 Å². The fourth-order valence-electron chi connectivity index (χ4n) is 2.86. The molecule has 4 aromatic rings. The van der Waals surface area contributed by atoms with Crippen LogP contribution in [0.5, 0.6) is 0 Å². The highest BCUT2D eigenvalue weighted by Crippen LogP contribution is 2.28. The fraction of sp³-hybridized carbons (Fsp3) is 0.0526. The fourth-order valence-corrected chi connectivity index (χ4v) is 3.07. The van der Waals surface area contributed by atoms with E-state index >= 15 is 0 Å². The summed E-state index contributed by atoms with van der Waals surface area (Å²) < 4.78 is 1.40. The van der Waals surface area contributed by atoms with E-state index in [9.17, 15) is 9.59 Å². The zero-order valence-electron chi connectivity index (χ0n) is 13.5. The van der Waals surface area contributed by atoms with E-state index in [4.69, 9.17) is 11.6 Å². The van der Waals surface area contributed by atoms with E-state index in [-0.39, 0.29) is 18.0 Å². The van der Waals surface area contributed by atoms with Gasteiger partial charge in [0.1, 0.15) is 6.54 Å². The summed E-state index contributed by atoms with van der Waals surface area (Å²) in [6, 6.07) is 14.2. The number of aromatic nitrogens is 3. The number of nitrogens with one attached hydrogen (secondary N) is 1. The van der Waals surface area contributed by atoms with Gasteiger partial charge in [-0.3, -0.25) is 19.1 Å². The Kier molecular flexibility index (Phi) is 4.10. The average molecular weight is 365 g/mol. The van der Waals surface area contributed by atoms with Gasteiger partial charge in [-0.15, -0.1) is 0 Å². The van der Waals surface area contributed by atoms with Crippen LogP contribution in [-0.2, 0) is 11.3 Å². The van der Waals surface area contributed by atoms with E-state index in [0.717, 1.165) is 5.39 Å². The molecule has 0 fully saturated rings. The molecule has 0 saturated carbocycles. The maximum Gasteiger partial charge on any atom is 0.269 e. The number of fused-ring (bicyclic) bond motifs is 2. The molecule has 0 radical (unpaired) electrons. The van der Waals surface area contributed by atoms with Gasteiger partial charge >= 0.3 is 0 Å². The standard InChI is InChI=1S/C19H13ClN4O2/c20-13-7-8-14(12-4-3-9-21-19(12)13)23-17(25)11-24-16-6-2-1-5-15(16)22-10-18(24)26/h1-10H,11H2,(H,23,25). The van der Waals surface area contributed by atoms with Gasteiger partial charge in [-0.1, -0.05) is 23.7 Å². The third-order valence-electron chi connectivity index (χ3n) is 4.05. The molecule has 2 aromatic heterocycles. The number of carbonyl (C=O) groups is 1. The van der Waals surface area contributed by atoms with Crippen molar-refractivity contribution < 1.29 is 4.79 Å². The first-order valence-electron chi connectivity index (χ1n) is 7.91. The van der Waals surface area contributed by atoms with Crippen molar-refractivity contribution in [2.75, 3.05) is 5.32 Å². The van der Waals surface area contributed by atoms with Gasteiger partial charge in [-0.05, 0) is 36.4 Å². The van der Waals surface area contributed by atoms with Crippen LogP contribution >= 0.6 is 11.6 Å². The number of pyridine rings is 1. The molecular formula is C19H13ClN4O2. The Hall–Kier alpha value is -3.25. The Morgan fingerprint density at radius 1 is 1.08 bits per heavy atom. The molecule has 7 heteroatoms. The second-order valence-electron chi connectivity index (χ2n) is 5.71. The van der Waals surface area contributed by atoms with Gasteiger partial charge in [0.25, 0.3) is 5.56 Å². The van der Waals surface area contributed by atoms with Crippen molar-refractivity contribution in [2.24, 2.45) is 0 Å². The summed E-state index contributed by atoms with van der Waals surface area (Å²) >= 11 is 6.15. The lowest BCUT2D eigenvalue weighted by Gasteiger charge is -2.12. The number of hydrogen-bond acceptors (Lipinski definition) is 4. The van der Waals surface area contributed by atoms with Gasteiger partial charge in [0.05, 0.1) is 33.5 Å². The number of rotatable bonds is 3. The Bertz CT molecular complexity index is 1200. The Morgan fingerprint density at radius 2 is 1.92 bits per heavy atom. The molecule has 2 heterocycles. The van der Waals surface area contributed by atoms with Crippen molar-refractivity contribution in [2.45, 2.75) is 6.54 Å². The minimum absolute atomic E-state index is 0.119. The van der Waals surface area contributed by atoms with Gasteiger partial charge in [-0.2, -0.15) is 0 Å². The molecule has 0 aliphatic heterocycles.